The number of aryl methyl sites for hydroxylation is 1. The first-order chi connectivity index (χ1) is 8.28. The topological polar surface area (TPSA) is 47.6 Å². The minimum Gasteiger partial charge on any atom is -0.458 e. The van der Waals surface area contributed by atoms with Crippen molar-refractivity contribution in [3.63, 3.8) is 0 Å². The van der Waals surface area contributed by atoms with Gasteiger partial charge in [-0.2, -0.15) is 0 Å². The third-order valence-corrected chi connectivity index (χ3v) is 2.19. The zero-order valence-corrected chi connectivity index (χ0v) is 9.88. The zero-order valence-electron chi connectivity index (χ0n) is 9.88. The van der Waals surface area contributed by atoms with E-state index in [4.69, 9.17) is 9.15 Å². The molecule has 2 aromatic rings. The van der Waals surface area contributed by atoms with E-state index in [-0.39, 0.29) is 0 Å². The molecule has 2 rings (SSSR count). The van der Waals surface area contributed by atoms with Gasteiger partial charge in [0.2, 0.25) is 0 Å². The highest BCUT2D eigenvalue weighted by Gasteiger charge is 1.98. The molecular weight excluding hydrogens is 216 g/mol. The normalized spacial score (nSPS) is 11.2. The summed E-state index contributed by atoms with van der Waals surface area (Å²) in [5, 5.41) is 0. The summed E-state index contributed by atoms with van der Waals surface area (Å²) in [5.41, 5.74) is 1.12. The van der Waals surface area contributed by atoms with Gasteiger partial charge in [0.1, 0.15) is 18.1 Å². The molecule has 0 spiro atoms. The van der Waals surface area contributed by atoms with Crippen LogP contribution in [0.5, 0.6) is 0 Å². The standard InChI is InChI=1S/C13H14N2O2/c1-10-3-6-13(14-7-10)15-8-11-4-5-12(17-11)9-16-2/h3-8H,9H2,1-2H3. The Morgan fingerprint density at radius 2 is 2.24 bits per heavy atom. The van der Waals surface area contributed by atoms with Crippen LogP contribution in [0.25, 0.3) is 0 Å². The first-order valence-electron chi connectivity index (χ1n) is 5.32. The van der Waals surface area contributed by atoms with Gasteiger partial charge in [0.05, 0.1) is 6.21 Å². The molecule has 0 unspecified atom stereocenters. The van der Waals surface area contributed by atoms with E-state index in [9.17, 15) is 0 Å². The van der Waals surface area contributed by atoms with Gasteiger partial charge in [0.15, 0.2) is 5.82 Å². The maximum absolute atomic E-state index is 5.47. The van der Waals surface area contributed by atoms with Gasteiger partial charge < -0.3 is 9.15 Å². The molecule has 0 radical (unpaired) electrons. The van der Waals surface area contributed by atoms with E-state index in [1.807, 2.05) is 31.2 Å². The Labute approximate surface area is 100.0 Å². The molecule has 4 nitrogen and oxygen atoms in total. The van der Waals surface area contributed by atoms with Crippen LogP contribution in [0.2, 0.25) is 0 Å². The van der Waals surface area contributed by atoms with Crippen molar-refractivity contribution in [2.24, 2.45) is 4.99 Å². The SMILES string of the molecule is COCc1ccc(C=Nc2ccc(C)cn2)o1. The van der Waals surface area contributed by atoms with Crippen LogP contribution in [-0.2, 0) is 11.3 Å². The minimum absolute atomic E-state index is 0.469. The molecule has 0 aliphatic carbocycles. The Morgan fingerprint density at radius 3 is 2.94 bits per heavy atom. The summed E-state index contributed by atoms with van der Waals surface area (Å²) in [6.45, 7) is 2.46. The van der Waals surface area contributed by atoms with Crippen molar-refractivity contribution in [3.05, 3.63) is 47.5 Å². The highest BCUT2D eigenvalue weighted by atomic mass is 16.5. The molecule has 0 amide bonds. The van der Waals surface area contributed by atoms with Crippen molar-refractivity contribution in [1.29, 1.82) is 0 Å². The van der Waals surface area contributed by atoms with Crippen molar-refractivity contribution in [2.45, 2.75) is 13.5 Å². The first kappa shape index (κ1) is 11.5. The van der Waals surface area contributed by atoms with E-state index in [0.29, 0.717) is 18.2 Å². The number of hydrogen-bond donors (Lipinski definition) is 0. The molecule has 0 saturated heterocycles. The van der Waals surface area contributed by atoms with Gasteiger partial charge >= 0.3 is 0 Å². The maximum atomic E-state index is 5.47. The summed E-state index contributed by atoms with van der Waals surface area (Å²) >= 11 is 0. The third-order valence-electron chi connectivity index (χ3n) is 2.19. The molecule has 4 heteroatoms. The van der Waals surface area contributed by atoms with Crippen LogP contribution in [0, 0.1) is 6.92 Å². The Morgan fingerprint density at radius 1 is 1.35 bits per heavy atom. The lowest BCUT2D eigenvalue weighted by atomic mass is 10.3. The molecule has 2 heterocycles. The second kappa shape index (κ2) is 5.41. The predicted molar refractivity (Wildman–Crippen MR) is 65.6 cm³/mol. The largest absolute Gasteiger partial charge is 0.458 e. The molecule has 2 aromatic heterocycles. The lowest BCUT2D eigenvalue weighted by Crippen LogP contribution is -1.82. The summed E-state index contributed by atoms with van der Waals surface area (Å²) in [5.74, 6) is 2.14. The Kier molecular flexibility index (Phi) is 3.67. The summed E-state index contributed by atoms with van der Waals surface area (Å²) in [7, 11) is 1.63. The highest BCUT2D eigenvalue weighted by Crippen LogP contribution is 2.10. The summed E-state index contributed by atoms with van der Waals surface area (Å²) in [4.78, 5) is 8.39. The van der Waals surface area contributed by atoms with Crippen LogP contribution in [0.15, 0.2) is 39.9 Å². The zero-order chi connectivity index (χ0) is 12.1. The van der Waals surface area contributed by atoms with Gasteiger partial charge in [-0.25, -0.2) is 9.98 Å². The maximum Gasteiger partial charge on any atom is 0.151 e. The Balaban J connectivity index is 2.06. The second-order valence-electron chi connectivity index (χ2n) is 3.69. The van der Waals surface area contributed by atoms with Crippen molar-refractivity contribution in [3.8, 4) is 0 Å². The van der Waals surface area contributed by atoms with Crippen molar-refractivity contribution >= 4 is 12.0 Å². The molecule has 0 aliphatic rings. The van der Waals surface area contributed by atoms with Crippen molar-refractivity contribution in [1.82, 2.24) is 4.98 Å². The quantitative estimate of drug-likeness (QED) is 0.759. The van der Waals surface area contributed by atoms with E-state index in [1.54, 1.807) is 19.5 Å². The number of nitrogens with zero attached hydrogens (tertiary/aromatic N) is 2. The number of aliphatic imine (C=N–C) groups is 1. The van der Waals surface area contributed by atoms with Crippen LogP contribution in [0.1, 0.15) is 17.1 Å². The summed E-state index contributed by atoms with van der Waals surface area (Å²) < 4.78 is 10.4. The van der Waals surface area contributed by atoms with E-state index in [0.717, 1.165) is 11.3 Å². The monoisotopic (exact) mass is 230 g/mol. The van der Waals surface area contributed by atoms with Gasteiger partial charge in [0.25, 0.3) is 0 Å². The molecule has 0 saturated carbocycles. The van der Waals surface area contributed by atoms with Crippen LogP contribution < -0.4 is 0 Å². The number of rotatable bonds is 4. The number of pyridine rings is 1. The molecule has 0 bridgehead atoms. The number of aromatic nitrogens is 1. The second-order valence-corrected chi connectivity index (χ2v) is 3.69. The first-order valence-corrected chi connectivity index (χ1v) is 5.32. The fraction of sp³-hybridized carbons (Fsp3) is 0.231. The summed E-state index contributed by atoms with van der Waals surface area (Å²) in [6.07, 6.45) is 3.43. The smallest absolute Gasteiger partial charge is 0.151 e. The van der Waals surface area contributed by atoms with E-state index < -0.39 is 0 Å². The van der Waals surface area contributed by atoms with Gasteiger partial charge in [-0.15, -0.1) is 0 Å². The average Bonchev–Trinajstić information content (AvgIpc) is 2.77. The van der Waals surface area contributed by atoms with Crippen LogP contribution in [-0.4, -0.2) is 18.3 Å². The number of hydrogen-bond acceptors (Lipinski definition) is 4. The lowest BCUT2D eigenvalue weighted by Gasteiger charge is -1.93. The van der Waals surface area contributed by atoms with Gasteiger partial charge in [-0.1, -0.05) is 6.07 Å². The van der Waals surface area contributed by atoms with Crippen molar-refractivity contribution < 1.29 is 9.15 Å². The fourth-order valence-electron chi connectivity index (χ4n) is 1.35. The molecule has 0 atom stereocenters. The third kappa shape index (κ3) is 3.26. The van der Waals surface area contributed by atoms with Crippen LogP contribution >= 0.6 is 0 Å². The molecule has 0 fully saturated rings. The lowest BCUT2D eigenvalue weighted by molar-refractivity contribution is 0.164. The van der Waals surface area contributed by atoms with Gasteiger partial charge in [-0.3, -0.25) is 0 Å². The minimum atomic E-state index is 0.469. The molecular formula is C13H14N2O2. The van der Waals surface area contributed by atoms with Crippen LogP contribution in [0.4, 0.5) is 5.82 Å². The predicted octanol–water partition coefficient (Wildman–Crippen LogP) is 2.88. The Bertz CT molecular complexity index is 500. The highest BCUT2D eigenvalue weighted by molar-refractivity contribution is 5.78. The van der Waals surface area contributed by atoms with E-state index >= 15 is 0 Å². The number of methoxy groups -OCH3 is 1. The van der Waals surface area contributed by atoms with Gasteiger partial charge in [0, 0.05) is 13.3 Å². The number of ether oxygens (including phenoxy) is 1. The average molecular weight is 230 g/mol. The molecule has 0 aromatic carbocycles. The Hall–Kier alpha value is -1.94. The van der Waals surface area contributed by atoms with E-state index in [2.05, 4.69) is 9.98 Å². The fourth-order valence-corrected chi connectivity index (χ4v) is 1.35. The van der Waals surface area contributed by atoms with Crippen molar-refractivity contribution in [2.75, 3.05) is 7.11 Å². The molecule has 17 heavy (non-hydrogen) atoms. The molecule has 0 aliphatic heterocycles. The molecule has 0 N–H and O–H groups in total. The van der Waals surface area contributed by atoms with Crippen LogP contribution in [0.3, 0.4) is 0 Å². The van der Waals surface area contributed by atoms with E-state index in [1.165, 1.54) is 0 Å². The van der Waals surface area contributed by atoms with Gasteiger partial charge in [-0.05, 0) is 30.7 Å². The summed E-state index contributed by atoms with van der Waals surface area (Å²) in [6, 6.07) is 7.56. The number of furan rings is 1. The molecule has 88 valence electrons.